The summed E-state index contributed by atoms with van der Waals surface area (Å²) in [5.74, 6) is -2.59. The van der Waals surface area contributed by atoms with Crippen molar-refractivity contribution in [2.75, 3.05) is 5.32 Å². The number of amides is 3. The molecule has 1 rings (SSSR count). The van der Waals surface area contributed by atoms with Gasteiger partial charge in [-0.3, -0.25) is 4.79 Å². The number of primary amides is 1. The maximum Gasteiger partial charge on any atom is 0.337 e. The summed E-state index contributed by atoms with van der Waals surface area (Å²) in [5, 5.41) is 13.7. The van der Waals surface area contributed by atoms with Crippen molar-refractivity contribution in [3.8, 4) is 0 Å². The average Bonchev–Trinajstić information content (AvgIpc) is 2.24. The van der Waals surface area contributed by atoms with Crippen LogP contribution in [0.5, 0.6) is 0 Å². The summed E-state index contributed by atoms with van der Waals surface area (Å²) in [7, 11) is 0. The lowest BCUT2D eigenvalue weighted by Gasteiger charge is -2.25. The van der Waals surface area contributed by atoms with Crippen molar-refractivity contribution in [3.05, 3.63) is 29.6 Å². The standard InChI is InChI=1S/C13H16FN3O4/c1-13(2,6-10(15)18)17-12(21)16-9-5-7(14)3-4-8(9)11(19)20/h3-5H,6H2,1-2H3,(H2,15,18)(H,19,20)(H2,16,17,21). The molecule has 21 heavy (non-hydrogen) atoms. The quantitative estimate of drug-likeness (QED) is 0.654. The Morgan fingerprint density at radius 1 is 1.33 bits per heavy atom. The molecule has 1 aromatic rings. The van der Waals surface area contributed by atoms with Gasteiger partial charge in [-0.1, -0.05) is 0 Å². The number of carbonyl (C=O) groups excluding carboxylic acids is 2. The third-order valence-corrected chi connectivity index (χ3v) is 2.53. The molecule has 0 aliphatic rings. The summed E-state index contributed by atoms with van der Waals surface area (Å²) in [6, 6.07) is 2.14. The molecule has 0 atom stereocenters. The lowest BCUT2D eigenvalue weighted by atomic mass is 10.0. The predicted octanol–water partition coefficient (Wildman–Crippen LogP) is 1.30. The summed E-state index contributed by atoms with van der Waals surface area (Å²) < 4.78 is 13.1. The molecule has 3 amide bonds. The van der Waals surface area contributed by atoms with Gasteiger partial charge >= 0.3 is 12.0 Å². The highest BCUT2D eigenvalue weighted by atomic mass is 19.1. The maximum absolute atomic E-state index is 13.1. The van der Waals surface area contributed by atoms with Gasteiger partial charge in [-0.15, -0.1) is 0 Å². The van der Waals surface area contributed by atoms with Crippen molar-refractivity contribution in [2.45, 2.75) is 25.8 Å². The number of carbonyl (C=O) groups is 3. The Morgan fingerprint density at radius 3 is 2.48 bits per heavy atom. The van der Waals surface area contributed by atoms with E-state index in [9.17, 15) is 18.8 Å². The number of nitrogens with one attached hydrogen (secondary N) is 2. The molecule has 0 fully saturated rings. The molecule has 0 spiro atoms. The summed E-state index contributed by atoms with van der Waals surface area (Å²) in [6.07, 6.45) is -0.102. The number of halogens is 1. The number of aromatic carboxylic acids is 1. The number of carboxylic acids is 1. The van der Waals surface area contributed by atoms with Crippen LogP contribution >= 0.6 is 0 Å². The first-order valence-corrected chi connectivity index (χ1v) is 6.01. The zero-order chi connectivity index (χ0) is 16.2. The van der Waals surface area contributed by atoms with Crippen LogP contribution < -0.4 is 16.4 Å². The molecule has 0 aliphatic heterocycles. The molecule has 0 saturated carbocycles. The van der Waals surface area contributed by atoms with E-state index in [1.54, 1.807) is 13.8 Å². The molecular formula is C13H16FN3O4. The Labute approximate surface area is 120 Å². The van der Waals surface area contributed by atoms with E-state index in [2.05, 4.69) is 10.6 Å². The number of nitrogens with two attached hydrogens (primary N) is 1. The topological polar surface area (TPSA) is 122 Å². The number of hydrogen-bond acceptors (Lipinski definition) is 3. The molecule has 0 unspecified atom stereocenters. The van der Waals surface area contributed by atoms with Crippen LogP contribution in [0.2, 0.25) is 0 Å². The number of rotatable bonds is 5. The molecule has 0 aliphatic carbocycles. The van der Waals surface area contributed by atoms with E-state index in [-0.39, 0.29) is 17.7 Å². The van der Waals surface area contributed by atoms with Crippen LogP contribution in [0.4, 0.5) is 14.9 Å². The van der Waals surface area contributed by atoms with Crippen molar-refractivity contribution < 1.29 is 23.9 Å². The van der Waals surface area contributed by atoms with E-state index in [1.165, 1.54) is 0 Å². The van der Waals surface area contributed by atoms with E-state index >= 15 is 0 Å². The minimum atomic E-state index is -1.30. The number of hydrogen-bond donors (Lipinski definition) is 4. The third kappa shape index (κ3) is 5.09. The SMILES string of the molecule is CC(C)(CC(N)=O)NC(=O)Nc1cc(F)ccc1C(=O)O. The molecule has 8 heteroatoms. The van der Waals surface area contributed by atoms with E-state index in [0.717, 1.165) is 18.2 Å². The zero-order valence-electron chi connectivity index (χ0n) is 11.6. The maximum atomic E-state index is 13.1. The smallest absolute Gasteiger partial charge is 0.337 e. The number of urea groups is 1. The van der Waals surface area contributed by atoms with Crippen LogP contribution in [0.3, 0.4) is 0 Å². The zero-order valence-corrected chi connectivity index (χ0v) is 11.6. The van der Waals surface area contributed by atoms with Crippen molar-refractivity contribution >= 4 is 23.6 Å². The molecule has 0 aromatic heterocycles. The molecule has 1 aromatic carbocycles. The van der Waals surface area contributed by atoms with Crippen molar-refractivity contribution in [2.24, 2.45) is 5.73 Å². The first-order valence-electron chi connectivity index (χ1n) is 6.01. The molecule has 5 N–H and O–H groups in total. The van der Waals surface area contributed by atoms with Gasteiger partial charge in [0.1, 0.15) is 5.82 Å². The second-order valence-corrected chi connectivity index (χ2v) is 5.10. The predicted molar refractivity (Wildman–Crippen MR) is 73.4 cm³/mol. The first kappa shape index (κ1) is 16.4. The summed E-state index contributed by atoms with van der Waals surface area (Å²) in [5.41, 5.74) is 3.69. The summed E-state index contributed by atoms with van der Waals surface area (Å²) >= 11 is 0. The van der Waals surface area contributed by atoms with Crippen LogP contribution in [0.15, 0.2) is 18.2 Å². The summed E-state index contributed by atoms with van der Waals surface area (Å²) in [6.45, 7) is 3.14. The van der Waals surface area contributed by atoms with E-state index in [1.807, 2.05) is 0 Å². The lowest BCUT2D eigenvalue weighted by Crippen LogP contribution is -2.47. The minimum Gasteiger partial charge on any atom is -0.478 e. The van der Waals surface area contributed by atoms with E-state index in [4.69, 9.17) is 10.8 Å². The van der Waals surface area contributed by atoms with Gasteiger partial charge in [0.15, 0.2) is 0 Å². The molecule has 114 valence electrons. The van der Waals surface area contributed by atoms with Crippen molar-refractivity contribution in [1.82, 2.24) is 5.32 Å². The largest absolute Gasteiger partial charge is 0.478 e. The van der Waals surface area contributed by atoms with Gasteiger partial charge in [0.2, 0.25) is 5.91 Å². The van der Waals surface area contributed by atoms with Crippen LogP contribution in [-0.2, 0) is 4.79 Å². The van der Waals surface area contributed by atoms with Crippen molar-refractivity contribution in [3.63, 3.8) is 0 Å². The van der Waals surface area contributed by atoms with Crippen molar-refractivity contribution in [1.29, 1.82) is 0 Å². The summed E-state index contributed by atoms with van der Waals surface area (Å²) in [4.78, 5) is 33.7. The second kappa shape index (κ2) is 6.21. The fourth-order valence-corrected chi connectivity index (χ4v) is 1.75. The molecule has 0 saturated heterocycles. The van der Waals surface area contributed by atoms with E-state index < -0.39 is 29.3 Å². The molecular weight excluding hydrogens is 281 g/mol. The van der Waals surface area contributed by atoms with Gasteiger partial charge in [-0.25, -0.2) is 14.0 Å². The highest BCUT2D eigenvalue weighted by Crippen LogP contribution is 2.18. The Morgan fingerprint density at radius 2 is 1.95 bits per heavy atom. The molecule has 7 nitrogen and oxygen atoms in total. The average molecular weight is 297 g/mol. The van der Waals surface area contributed by atoms with Gasteiger partial charge < -0.3 is 21.5 Å². The Bertz CT molecular complexity index is 587. The van der Waals surface area contributed by atoms with Crippen LogP contribution in [0, 0.1) is 5.82 Å². The van der Waals surface area contributed by atoms with Gasteiger partial charge in [0.05, 0.1) is 11.3 Å². The minimum absolute atomic E-state index is 0.102. The van der Waals surface area contributed by atoms with Gasteiger partial charge in [-0.2, -0.15) is 0 Å². The number of benzene rings is 1. The molecule has 0 bridgehead atoms. The number of carboxylic acid groups (broad SMARTS) is 1. The molecule has 0 radical (unpaired) electrons. The van der Waals surface area contributed by atoms with Gasteiger partial charge in [0, 0.05) is 12.0 Å². The van der Waals surface area contributed by atoms with E-state index in [0.29, 0.717) is 0 Å². The fraction of sp³-hybridized carbons (Fsp3) is 0.308. The second-order valence-electron chi connectivity index (χ2n) is 5.10. The normalized spacial score (nSPS) is 10.8. The van der Waals surface area contributed by atoms with Crippen LogP contribution in [0.25, 0.3) is 0 Å². The highest BCUT2D eigenvalue weighted by Gasteiger charge is 2.23. The first-order chi connectivity index (χ1) is 9.60. The van der Waals surface area contributed by atoms with Gasteiger partial charge in [0.25, 0.3) is 0 Å². The monoisotopic (exact) mass is 297 g/mol. The Hall–Kier alpha value is -2.64. The fourth-order valence-electron chi connectivity index (χ4n) is 1.75. The number of anilines is 1. The van der Waals surface area contributed by atoms with Crippen LogP contribution in [-0.4, -0.2) is 28.6 Å². The molecule has 0 heterocycles. The van der Waals surface area contributed by atoms with Crippen LogP contribution in [0.1, 0.15) is 30.6 Å². The Kier molecular flexibility index (Phi) is 4.85. The van der Waals surface area contributed by atoms with Gasteiger partial charge in [-0.05, 0) is 32.0 Å². The highest BCUT2D eigenvalue weighted by molar-refractivity contribution is 6.00. The third-order valence-electron chi connectivity index (χ3n) is 2.53. The lowest BCUT2D eigenvalue weighted by molar-refractivity contribution is -0.119. The Balaban J connectivity index is 2.86.